The summed E-state index contributed by atoms with van der Waals surface area (Å²) in [6.07, 6.45) is 5.16. The number of hydrogen-bond acceptors (Lipinski definition) is 3. The average molecular weight is 170 g/mol. The summed E-state index contributed by atoms with van der Waals surface area (Å²) in [7, 11) is 0. The Balaban J connectivity index is 0.000000354. The standard InChI is InChI=1S/C6H8N2O.C2H6O/c7-6(9)5-2-1-3-8-4-5;1-2-3/h1-3,5H,4H2,(H2,7,9);3H,2H2,1H3. The lowest BCUT2D eigenvalue weighted by atomic mass is 10.1. The molecule has 0 aromatic carbocycles. The number of primary amides is 1. The second kappa shape index (κ2) is 6.54. The zero-order chi connectivity index (χ0) is 9.40. The summed E-state index contributed by atoms with van der Waals surface area (Å²) in [6.45, 7) is 2.44. The van der Waals surface area contributed by atoms with Crippen molar-refractivity contribution in [2.75, 3.05) is 13.2 Å². The van der Waals surface area contributed by atoms with Crippen molar-refractivity contribution in [1.82, 2.24) is 0 Å². The van der Waals surface area contributed by atoms with E-state index in [1.807, 2.05) is 0 Å². The number of aliphatic hydroxyl groups excluding tert-OH is 1. The Labute approximate surface area is 71.8 Å². The van der Waals surface area contributed by atoms with Crippen LogP contribution in [0.1, 0.15) is 6.92 Å². The number of aliphatic hydroxyl groups is 1. The monoisotopic (exact) mass is 170 g/mol. The van der Waals surface area contributed by atoms with Gasteiger partial charge in [0.15, 0.2) is 0 Å². The van der Waals surface area contributed by atoms with E-state index in [0.29, 0.717) is 6.54 Å². The Bertz CT molecular complexity index is 187. The average Bonchev–Trinajstić information content (AvgIpc) is 2.07. The van der Waals surface area contributed by atoms with Crippen LogP contribution >= 0.6 is 0 Å². The van der Waals surface area contributed by atoms with Gasteiger partial charge in [0.05, 0.1) is 12.5 Å². The van der Waals surface area contributed by atoms with E-state index in [0.717, 1.165) is 0 Å². The van der Waals surface area contributed by atoms with Crippen LogP contribution in [-0.2, 0) is 4.79 Å². The third kappa shape index (κ3) is 4.62. The van der Waals surface area contributed by atoms with E-state index >= 15 is 0 Å². The van der Waals surface area contributed by atoms with E-state index in [4.69, 9.17) is 10.8 Å². The number of carbonyl (C=O) groups excluding carboxylic acids is 1. The van der Waals surface area contributed by atoms with Crippen molar-refractivity contribution in [1.29, 1.82) is 0 Å². The summed E-state index contributed by atoms with van der Waals surface area (Å²) in [6, 6.07) is 0. The highest BCUT2D eigenvalue weighted by Gasteiger charge is 2.10. The van der Waals surface area contributed by atoms with Crippen molar-refractivity contribution < 1.29 is 9.90 Å². The van der Waals surface area contributed by atoms with Gasteiger partial charge in [-0.2, -0.15) is 0 Å². The first-order valence-electron chi connectivity index (χ1n) is 3.79. The number of amides is 1. The molecule has 0 saturated carbocycles. The molecular formula is C8H14N2O2. The molecule has 0 spiro atoms. The number of carbonyl (C=O) groups is 1. The second-order valence-electron chi connectivity index (χ2n) is 2.22. The highest BCUT2D eigenvalue weighted by Crippen LogP contribution is 2.01. The van der Waals surface area contributed by atoms with Crippen LogP contribution in [0.25, 0.3) is 0 Å². The third-order valence-electron chi connectivity index (χ3n) is 1.20. The highest BCUT2D eigenvalue weighted by atomic mass is 16.2. The quantitative estimate of drug-likeness (QED) is 0.568. The molecule has 0 aliphatic carbocycles. The molecule has 68 valence electrons. The van der Waals surface area contributed by atoms with Crippen molar-refractivity contribution in [3.05, 3.63) is 12.2 Å². The molecule has 1 heterocycles. The van der Waals surface area contributed by atoms with Gasteiger partial charge in [0.1, 0.15) is 0 Å². The minimum Gasteiger partial charge on any atom is -0.397 e. The molecule has 3 N–H and O–H groups in total. The fraction of sp³-hybridized carbons (Fsp3) is 0.500. The third-order valence-corrected chi connectivity index (χ3v) is 1.20. The van der Waals surface area contributed by atoms with E-state index in [1.165, 1.54) is 0 Å². The van der Waals surface area contributed by atoms with Gasteiger partial charge in [0.25, 0.3) is 0 Å². The first-order chi connectivity index (χ1) is 5.72. The molecule has 1 unspecified atom stereocenters. The van der Waals surface area contributed by atoms with Crippen molar-refractivity contribution in [2.45, 2.75) is 6.92 Å². The van der Waals surface area contributed by atoms with Crippen LogP contribution in [0.5, 0.6) is 0 Å². The first kappa shape index (κ1) is 10.8. The van der Waals surface area contributed by atoms with Crippen LogP contribution in [-0.4, -0.2) is 30.4 Å². The molecule has 0 radical (unpaired) electrons. The smallest absolute Gasteiger partial charge is 0.226 e. The van der Waals surface area contributed by atoms with Gasteiger partial charge in [0, 0.05) is 12.8 Å². The highest BCUT2D eigenvalue weighted by molar-refractivity contribution is 5.82. The van der Waals surface area contributed by atoms with Crippen LogP contribution in [0.3, 0.4) is 0 Å². The zero-order valence-electron chi connectivity index (χ0n) is 7.10. The number of aliphatic imine (C=N–C) groups is 1. The normalized spacial score (nSPS) is 19.7. The summed E-state index contributed by atoms with van der Waals surface area (Å²) in [5.41, 5.74) is 5.00. The van der Waals surface area contributed by atoms with Crippen molar-refractivity contribution >= 4 is 12.1 Å². The molecule has 1 atom stereocenters. The minimum atomic E-state index is -0.303. The molecule has 0 bridgehead atoms. The largest absolute Gasteiger partial charge is 0.397 e. The van der Waals surface area contributed by atoms with E-state index in [-0.39, 0.29) is 18.4 Å². The predicted molar refractivity (Wildman–Crippen MR) is 47.9 cm³/mol. The topological polar surface area (TPSA) is 75.7 Å². The molecule has 4 heteroatoms. The summed E-state index contributed by atoms with van der Waals surface area (Å²) < 4.78 is 0. The summed E-state index contributed by atoms with van der Waals surface area (Å²) in [4.78, 5) is 14.3. The number of nitrogens with zero attached hydrogens (tertiary/aromatic N) is 1. The molecule has 0 saturated heterocycles. The fourth-order valence-electron chi connectivity index (χ4n) is 0.665. The Morgan fingerprint density at radius 2 is 2.42 bits per heavy atom. The molecule has 1 rings (SSSR count). The van der Waals surface area contributed by atoms with E-state index in [2.05, 4.69) is 4.99 Å². The Morgan fingerprint density at radius 3 is 2.67 bits per heavy atom. The van der Waals surface area contributed by atoms with Gasteiger partial charge >= 0.3 is 0 Å². The lowest BCUT2D eigenvalue weighted by molar-refractivity contribution is -0.120. The summed E-state index contributed by atoms with van der Waals surface area (Å²) in [5, 5.41) is 7.57. The lowest BCUT2D eigenvalue weighted by Crippen LogP contribution is -2.24. The van der Waals surface area contributed by atoms with Gasteiger partial charge in [-0.15, -0.1) is 0 Å². The van der Waals surface area contributed by atoms with Gasteiger partial charge in [0.2, 0.25) is 5.91 Å². The maximum atomic E-state index is 10.5. The Morgan fingerprint density at radius 1 is 1.83 bits per heavy atom. The molecule has 12 heavy (non-hydrogen) atoms. The number of hydrogen-bond donors (Lipinski definition) is 2. The SMILES string of the molecule is CCO.NC(=O)C1C=CC=NC1. The van der Waals surface area contributed by atoms with E-state index in [1.54, 1.807) is 25.3 Å². The minimum absolute atomic E-state index is 0.185. The molecule has 1 aliphatic rings. The molecule has 1 aliphatic heterocycles. The van der Waals surface area contributed by atoms with Crippen LogP contribution in [0.2, 0.25) is 0 Å². The predicted octanol–water partition coefficient (Wildman–Crippen LogP) is -0.273. The summed E-state index contributed by atoms with van der Waals surface area (Å²) >= 11 is 0. The van der Waals surface area contributed by atoms with Crippen LogP contribution in [0.15, 0.2) is 17.1 Å². The molecular weight excluding hydrogens is 156 g/mol. The van der Waals surface area contributed by atoms with Crippen molar-refractivity contribution in [2.24, 2.45) is 16.6 Å². The van der Waals surface area contributed by atoms with Gasteiger partial charge in [-0.3, -0.25) is 9.79 Å². The second-order valence-corrected chi connectivity index (χ2v) is 2.22. The maximum absolute atomic E-state index is 10.5. The lowest BCUT2D eigenvalue weighted by Gasteiger charge is -2.05. The molecule has 1 amide bonds. The number of allylic oxidation sites excluding steroid dienone is 1. The maximum Gasteiger partial charge on any atom is 0.226 e. The van der Waals surface area contributed by atoms with Gasteiger partial charge < -0.3 is 10.8 Å². The van der Waals surface area contributed by atoms with E-state index in [9.17, 15) is 4.79 Å². The zero-order valence-corrected chi connectivity index (χ0v) is 7.10. The van der Waals surface area contributed by atoms with Crippen molar-refractivity contribution in [3.63, 3.8) is 0 Å². The van der Waals surface area contributed by atoms with E-state index < -0.39 is 0 Å². The van der Waals surface area contributed by atoms with Crippen LogP contribution in [0, 0.1) is 5.92 Å². The Kier molecular flexibility index (Phi) is 5.91. The molecule has 0 fully saturated rings. The molecule has 4 nitrogen and oxygen atoms in total. The van der Waals surface area contributed by atoms with Gasteiger partial charge in [-0.25, -0.2) is 0 Å². The number of nitrogens with two attached hydrogens (primary N) is 1. The van der Waals surface area contributed by atoms with Gasteiger partial charge in [-0.05, 0) is 13.0 Å². The van der Waals surface area contributed by atoms with Crippen LogP contribution in [0.4, 0.5) is 0 Å². The number of dihydropyridines is 1. The summed E-state index contributed by atoms with van der Waals surface area (Å²) in [5.74, 6) is -0.488. The molecule has 0 aromatic heterocycles. The fourth-order valence-corrected chi connectivity index (χ4v) is 0.665. The molecule has 0 aromatic rings. The van der Waals surface area contributed by atoms with Gasteiger partial charge in [-0.1, -0.05) is 6.08 Å². The van der Waals surface area contributed by atoms with Crippen LogP contribution < -0.4 is 5.73 Å². The Hall–Kier alpha value is -1.16. The number of rotatable bonds is 1. The van der Waals surface area contributed by atoms with Crippen molar-refractivity contribution in [3.8, 4) is 0 Å². The first-order valence-corrected chi connectivity index (χ1v) is 3.79.